The Bertz CT molecular complexity index is 583. The zero-order valence-electron chi connectivity index (χ0n) is 9.94. The van der Waals surface area contributed by atoms with E-state index in [1.54, 1.807) is 0 Å². The monoisotopic (exact) mass is 303 g/mol. The average Bonchev–Trinajstić information content (AvgIpc) is 2.38. The Morgan fingerprint density at radius 1 is 1.22 bits per heavy atom. The van der Waals surface area contributed by atoms with Crippen LogP contribution in [0.4, 0.5) is 11.4 Å². The van der Waals surface area contributed by atoms with Crippen molar-refractivity contribution in [2.45, 2.75) is 13.0 Å². The third-order valence-electron chi connectivity index (χ3n) is 3.33. The van der Waals surface area contributed by atoms with E-state index in [1.807, 2.05) is 24.5 Å². The van der Waals surface area contributed by atoms with Crippen LogP contribution >= 0.6 is 15.9 Å². The molecule has 0 atom stereocenters. The van der Waals surface area contributed by atoms with E-state index in [1.165, 1.54) is 16.8 Å². The first-order valence-electron chi connectivity index (χ1n) is 5.96. The van der Waals surface area contributed by atoms with Crippen LogP contribution in [0, 0.1) is 0 Å². The Morgan fingerprint density at radius 2 is 2.11 bits per heavy atom. The van der Waals surface area contributed by atoms with Gasteiger partial charge in [-0.15, -0.1) is 0 Å². The quantitative estimate of drug-likeness (QED) is 0.824. The fourth-order valence-corrected chi connectivity index (χ4v) is 2.91. The number of anilines is 2. The van der Waals surface area contributed by atoms with E-state index in [2.05, 4.69) is 37.9 Å². The van der Waals surface area contributed by atoms with Crippen LogP contribution < -0.4 is 10.6 Å². The second-order valence-corrected chi connectivity index (χ2v) is 5.38. The van der Waals surface area contributed by atoms with Crippen LogP contribution in [0.2, 0.25) is 0 Å². The Morgan fingerprint density at radius 3 is 2.94 bits per heavy atom. The number of nitrogens with two attached hydrogens (primary N) is 1. The van der Waals surface area contributed by atoms with Crippen molar-refractivity contribution >= 4 is 27.3 Å². The molecule has 92 valence electrons. The normalized spacial score (nSPS) is 14.4. The Hall–Kier alpha value is -1.55. The molecule has 2 heterocycles. The molecule has 0 saturated carbocycles. The van der Waals surface area contributed by atoms with E-state index in [4.69, 9.17) is 5.73 Å². The van der Waals surface area contributed by atoms with E-state index >= 15 is 0 Å². The number of fused-ring (bicyclic) bond motifs is 1. The molecule has 18 heavy (non-hydrogen) atoms. The van der Waals surface area contributed by atoms with Gasteiger partial charge in [-0.05, 0) is 51.7 Å². The topological polar surface area (TPSA) is 42.1 Å². The van der Waals surface area contributed by atoms with Crippen molar-refractivity contribution < 1.29 is 0 Å². The summed E-state index contributed by atoms with van der Waals surface area (Å²) in [6, 6.07) is 8.25. The van der Waals surface area contributed by atoms with Gasteiger partial charge in [-0.1, -0.05) is 6.07 Å². The lowest BCUT2D eigenvalue weighted by Crippen LogP contribution is -2.30. The van der Waals surface area contributed by atoms with Crippen LogP contribution in [0.1, 0.15) is 11.1 Å². The minimum atomic E-state index is 0.837. The highest BCUT2D eigenvalue weighted by Gasteiger charge is 2.18. The summed E-state index contributed by atoms with van der Waals surface area (Å²) in [4.78, 5) is 6.46. The zero-order chi connectivity index (χ0) is 12.5. The lowest BCUT2D eigenvalue weighted by atomic mass is 9.99. The predicted octanol–water partition coefficient (Wildman–Crippen LogP) is 2.99. The second kappa shape index (κ2) is 4.61. The van der Waals surface area contributed by atoms with Crippen LogP contribution in [0.15, 0.2) is 41.1 Å². The van der Waals surface area contributed by atoms with Crippen molar-refractivity contribution in [2.24, 2.45) is 0 Å². The Kier molecular flexibility index (Phi) is 2.96. The molecule has 3 nitrogen and oxygen atoms in total. The first-order valence-corrected chi connectivity index (χ1v) is 6.75. The molecular formula is C14H14BrN3. The summed E-state index contributed by atoms with van der Waals surface area (Å²) < 4.78 is 1.04. The number of hydrogen-bond donors (Lipinski definition) is 1. The van der Waals surface area contributed by atoms with E-state index in [0.717, 1.165) is 29.7 Å². The molecular weight excluding hydrogens is 290 g/mol. The maximum Gasteiger partial charge on any atom is 0.0592 e. The summed E-state index contributed by atoms with van der Waals surface area (Å²) in [5.74, 6) is 0. The van der Waals surface area contributed by atoms with Gasteiger partial charge in [0.2, 0.25) is 0 Å². The zero-order valence-corrected chi connectivity index (χ0v) is 11.5. The summed E-state index contributed by atoms with van der Waals surface area (Å²) in [5.41, 5.74) is 10.6. The van der Waals surface area contributed by atoms with Gasteiger partial charge < -0.3 is 10.6 Å². The SMILES string of the molecule is Nc1ccc2c(c1)CN(c1ccncc1Br)CC2. The highest BCUT2D eigenvalue weighted by atomic mass is 79.9. The molecule has 3 rings (SSSR count). The molecule has 2 aromatic rings. The van der Waals surface area contributed by atoms with Crippen molar-refractivity contribution in [3.05, 3.63) is 52.3 Å². The van der Waals surface area contributed by atoms with Gasteiger partial charge in [0.05, 0.1) is 10.2 Å². The highest BCUT2D eigenvalue weighted by Crippen LogP contribution is 2.30. The summed E-state index contributed by atoms with van der Waals surface area (Å²) in [6.45, 7) is 1.93. The minimum Gasteiger partial charge on any atom is -0.399 e. The number of benzene rings is 1. The van der Waals surface area contributed by atoms with Crippen LogP contribution in [-0.2, 0) is 13.0 Å². The van der Waals surface area contributed by atoms with Crippen molar-refractivity contribution in [3.63, 3.8) is 0 Å². The van der Waals surface area contributed by atoms with Gasteiger partial charge in [-0.3, -0.25) is 4.98 Å². The van der Waals surface area contributed by atoms with E-state index in [9.17, 15) is 0 Å². The van der Waals surface area contributed by atoms with Crippen LogP contribution in [0.3, 0.4) is 0 Å². The number of nitrogen functional groups attached to an aromatic ring is 1. The first kappa shape index (κ1) is 11.5. The number of nitrogens with zero attached hydrogens (tertiary/aromatic N) is 2. The average molecular weight is 304 g/mol. The van der Waals surface area contributed by atoms with Gasteiger partial charge in [0.25, 0.3) is 0 Å². The van der Waals surface area contributed by atoms with Crippen LogP contribution in [-0.4, -0.2) is 11.5 Å². The molecule has 1 aromatic carbocycles. The third kappa shape index (κ3) is 2.08. The van der Waals surface area contributed by atoms with Gasteiger partial charge in [-0.2, -0.15) is 0 Å². The number of aromatic nitrogens is 1. The molecule has 2 N–H and O–H groups in total. The number of rotatable bonds is 1. The summed E-state index contributed by atoms with van der Waals surface area (Å²) >= 11 is 3.56. The number of hydrogen-bond acceptors (Lipinski definition) is 3. The molecule has 0 amide bonds. The number of halogens is 1. The van der Waals surface area contributed by atoms with Crippen LogP contribution in [0.25, 0.3) is 0 Å². The van der Waals surface area contributed by atoms with Crippen molar-refractivity contribution in [1.29, 1.82) is 0 Å². The lowest BCUT2D eigenvalue weighted by Gasteiger charge is -2.31. The maximum atomic E-state index is 5.86. The van der Waals surface area contributed by atoms with Gasteiger partial charge in [0, 0.05) is 31.2 Å². The Labute approximate surface area is 115 Å². The van der Waals surface area contributed by atoms with Gasteiger partial charge in [0.15, 0.2) is 0 Å². The molecule has 1 aromatic heterocycles. The fourth-order valence-electron chi connectivity index (χ4n) is 2.41. The van der Waals surface area contributed by atoms with Crippen molar-refractivity contribution in [1.82, 2.24) is 4.98 Å². The molecule has 0 radical (unpaired) electrons. The summed E-state index contributed by atoms with van der Waals surface area (Å²) in [7, 11) is 0. The molecule has 1 aliphatic heterocycles. The molecule has 0 bridgehead atoms. The predicted molar refractivity (Wildman–Crippen MR) is 77.5 cm³/mol. The smallest absolute Gasteiger partial charge is 0.0592 e. The van der Waals surface area contributed by atoms with Crippen LogP contribution in [0.5, 0.6) is 0 Å². The van der Waals surface area contributed by atoms with Crippen molar-refractivity contribution in [3.8, 4) is 0 Å². The van der Waals surface area contributed by atoms with E-state index in [0.29, 0.717) is 0 Å². The fraction of sp³-hybridized carbons (Fsp3) is 0.214. The number of pyridine rings is 1. The largest absolute Gasteiger partial charge is 0.399 e. The van der Waals surface area contributed by atoms with Gasteiger partial charge in [-0.25, -0.2) is 0 Å². The van der Waals surface area contributed by atoms with E-state index < -0.39 is 0 Å². The molecule has 0 fully saturated rings. The minimum absolute atomic E-state index is 0.837. The summed E-state index contributed by atoms with van der Waals surface area (Å²) in [6.07, 6.45) is 4.73. The molecule has 1 aliphatic rings. The third-order valence-corrected chi connectivity index (χ3v) is 3.95. The first-order chi connectivity index (χ1) is 8.74. The standard InChI is InChI=1S/C14H14BrN3/c15-13-8-17-5-3-14(13)18-6-4-10-1-2-12(16)7-11(10)9-18/h1-3,5,7-8H,4,6,9,16H2. The van der Waals surface area contributed by atoms with E-state index in [-0.39, 0.29) is 0 Å². The molecule has 0 saturated heterocycles. The molecule has 0 aliphatic carbocycles. The van der Waals surface area contributed by atoms with Gasteiger partial charge in [0.1, 0.15) is 0 Å². The second-order valence-electron chi connectivity index (χ2n) is 4.53. The summed E-state index contributed by atoms with van der Waals surface area (Å²) in [5, 5.41) is 0. The van der Waals surface area contributed by atoms with Gasteiger partial charge >= 0.3 is 0 Å². The molecule has 4 heteroatoms. The highest BCUT2D eigenvalue weighted by molar-refractivity contribution is 9.10. The Balaban J connectivity index is 1.93. The molecule has 0 unspecified atom stereocenters. The molecule has 0 spiro atoms. The van der Waals surface area contributed by atoms with Crippen molar-refractivity contribution in [2.75, 3.05) is 17.2 Å². The lowest BCUT2D eigenvalue weighted by molar-refractivity contribution is 0.730. The maximum absolute atomic E-state index is 5.86.